The number of ether oxygens (including phenoxy) is 1. The molecule has 1 aliphatic heterocycles. The van der Waals surface area contributed by atoms with Gasteiger partial charge >= 0.3 is 0 Å². The van der Waals surface area contributed by atoms with Gasteiger partial charge in [-0.25, -0.2) is 9.97 Å². The van der Waals surface area contributed by atoms with E-state index in [0.29, 0.717) is 5.82 Å². The Balaban J connectivity index is 1.09. The maximum atomic E-state index is 7.11. The van der Waals surface area contributed by atoms with Crippen molar-refractivity contribution in [1.29, 1.82) is 0 Å². The predicted molar refractivity (Wildman–Crippen MR) is 244 cm³/mol. The molecule has 2 aliphatic rings. The predicted octanol–water partition coefficient (Wildman–Crippen LogP) is 14.4. The van der Waals surface area contributed by atoms with Crippen molar-refractivity contribution >= 4 is 10.8 Å². The number of rotatable bonds is 5. The third-order valence-corrected chi connectivity index (χ3v) is 12.4. The SMILES string of the molecule is c1ccc(-c2cc(-c3ccc(-c4ccccc4)c4ccccc34)nc(-c3ccccc3-c3cccc4c3Oc3ccccc3C43c4ccccc4-c4ccccc43)n2)cc1. The van der Waals surface area contributed by atoms with Gasteiger partial charge in [0.1, 0.15) is 11.5 Å². The third kappa shape index (κ3) is 5.09. The average molecular weight is 765 g/mol. The highest BCUT2D eigenvalue weighted by Crippen LogP contribution is 2.63. The summed E-state index contributed by atoms with van der Waals surface area (Å²) in [6, 6.07) is 77.6. The molecular formula is C57H36N2O. The summed E-state index contributed by atoms with van der Waals surface area (Å²) in [4.78, 5) is 10.8. The third-order valence-electron chi connectivity index (χ3n) is 12.4. The van der Waals surface area contributed by atoms with E-state index in [9.17, 15) is 0 Å². The van der Waals surface area contributed by atoms with Crippen LogP contribution in [-0.4, -0.2) is 9.97 Å². The zero-order valence-corrected chi connectivity index (χ0v) is 32.6. The van der Waals surface area contributed by atoms with E-state index in [2.05, 4.69) is 212 Å². The Morgan fingerprint density at radius 3 is 1.53 bits per heavy atom. The largest absolute Gasteiger partial charge is 0.456 e. The molecule has 0 bridgehead atoms. The number of nitrogens with zero attached hydrogens (tertiary/aromatic N) is 2. The van der Waals surface area contributed by atoms with Gasteiger partial charge in [0.2, 0.25) is 0 Å². The zero-order valence-electron chi connectivity index (χ0n) is 32.6. The number of fused-ring (bicyclic) bond motifs is 10. The van der Waals surface area contributed by atoms with Crippen molar-refractivity contribution in [3.05, 3.63) is 241 Å². The Bertz CT molecular complexity index is 3250. The van der Waals surface area contributed by atoms with Crippen LogP contribution in [0, 0.1) is 0 Å². The van der Waals surface area contributed by atoms with E-state index >= 15 is 0 Å². The molecule has 0 N–H and O–H groups in total. The Labute approximate surface area is 348 Å². The first-order valence-corrected chi connectivity index (χ1v) is 20.5. The van der Waals surface area contributed by atoms with Crippen molar-refractivity contribution in [3.8, 4) is 78.8 Å². The first-order chi connectivity index (χ1) is 29.8. The molecular weight excluding hydrogens is 729 g/mol. The van der Waals surface area contributed by atoms with Crippen molar-refractivity contribution in [2.75, 3.05) is 0 Å². The van der Waals surface area contributed by atoms with Crippen LogP contribution in [0.2, 0.25) is 0 Å². The standard InChI is InChI=1S/C57H36N2O/c1-3-18-37(19-4-1)39-34-35-45(41-23-8-7-22-40(39)41)53-36-52(38-20-5-2-6-21-38)58-56(59-53)47-27-10-9-24-42(47)46-28-17-32-51-55(46)60-54-33-16-15-31-50(54)57(51)48-29-13-11-25-43(48)44-26-12-14-30-49(44)57/h1-36H. The average Bonchev–Trinajstić information content (AvgIpc) is 3.62. The molecule has 2 heterocycles. The van der Waals surface area contributed by atoms with Crippen LogP contribution in [0.15, 0.2) is 218 Å². The van der Waals surface area contributed by atoms with E-state index in [0.717, 1.165) is 67.2 Å². The highest BCUT2D eigenvalue weighted by molar-refractivity contribution is 6.05. The molecule has 10 aromatic rings. The van der Waals surface area contributed by atoms with Gasteiger partial charge in [0.15, 0.2) is 5.82 Å². The van der Waals surface area contributed by atoms with Crippen molar-refractivity contribution < 1.29 is 4.74 Å². The van der Waals surface area contributed by atoms with Crippen LogP contribution >= 0.6 is 0 Å². The number of para-hydroxylation sites is 2. The monoisotopic (exact) mass is 764 g/mol. The van der Waals surface area contributed by atoms with Crippen molar-refractivity contribution in [2.45, 2.75) is 5.41 Å². The molecule has 0 radical (unpaired) electrons. The molecule has 0 atom stereocenters. The smallest absolute Gasteiger partial charge is 0.161 e. The minimum Gasteiger partial charge on any atom is -0.456 e. The van der Waals surface area contributed by atoms with E-state index in [1.807, 2.05) is 6.07 Å². The van der Waals surface area contributed by atoms with Crippen LogP contribution in [0.1, 0.15) is 22.3 Å². The van der Waals surface area contributed by atoms with Crippen LogP contribution < -0.4 is 4.74 Å². The van der Waals surface area contributed by atoms with Crippen LogP contribution in [0.4, 0.5) is 0 Å². The van der Waals surface area contributed by atoms with Gasteiger partial charge in [0.05, 0.1) is 16.8 Å². The second-order valence-corrected chi connectivity index (χ2v) is 15.6. The number of benzene rings is 9. The maximum absolute atomic E-state index is 7.11. The lowest BCUT2D eigenvalue weighted by Gasteiger charge is -2.40. The van der Waals surface area contributed by atoms with Crippen molar-refractivity contribution in [2.24, 2.45) is 0 Å². The number of hydrogen-bond acceptors (Lipinski definition) is 3. The first kappa shape index (κ1) is 34.2. The van der Waals surface area contributed by atoms with Gasteiger partial charge < -0.3 is 4.74 Å². The van der Waals surface area contributed by atoms with Crippen LogP contribution in [0.5, 0.6) is 11.5 Å². The highest BCUT2D eigenvalue weighted by atomic mass is 16.5. The molecule has 0 amide bonds. The molecule has 280 valence electrons. The van der Waals surface area contributed by atoms with Gasteiger partial charge in [-0.3, -0.25) is 0 Å². The molecule has 9 aromatic carbocycles. The van der Waals surface area contributed by atoms with Crippen molar-refractivity contribution in [1.82, 2.24) is 9.97 Å². The molecule has 1 aromatic heterocycles. The number of aromatic nitrogens is 2. The molecule has 0 saturated heterocycles. The molecule has 60 heavy (non-hydrogen) atoms. The van der Waals surface area contributed by atoms with Crippen LogP contribution in [-0.2, 0) is 5.41 Å². The van der Waals surface area contributed by atoms with Gasteiger partial charge in [0, 0.05) is 33.4 Å². The van der Waals surface area contributed by atoms with Gasteiger partial charge in [-0.2, -0.15) is 0 Å². The molecule has 0 saturated carbocycles. The fourth-order valence-electron chi connectivity index (χ4n) is 9.86. The second-order valence-electron chi connectivity index (χ2n) is 15.6. The summed E-state index contributed by atoms with van der Waals surface area (Å²) in [6.07, 6.45) is 0. The summed E-state index contributed by atoms with van der Waals surface area (Å²) in [5, 5.41) is 2.32. The zero-order chi connectivity index (χ0) is 39.6. The quantitative estimate of drug-likeness (QED) is 0.175. The Morgan fingerprint density at radius 2 is 0.817 bits per heavy atom. The normalized spacial score (nSPS) is 12.9. The van der Waals surface area contributed by atoms with Crippen molar-refractivity contribution in [3.63, 3.8) is 0 Å². The summed E-state index contributed by atoms with van der Waals surface area (Å²) in [5.74, 6) is 2.35. The minimum atomic E-state index is -0.563. The lowest BCUT2D eigenvalue weighted by atomic mass is 9.65. The van der Waals surface area contributed by atoms with Gasteiger partial charge in [0.25, 0.3) is 0 Å². The summed E-state index contributed by atoms with van der Waals surface area (Å²) < 4.78 is 7.11. The molecule has 1 spiro atoms. The summed E-state index contributed by atoms with van der Waals surface area (Å²) in [7, 11) is 0. The molecule has 0 unspecified atom stereocenters. The van der Waals surface area contributed by atoms with E-state index < -0.39 is 5.41 Å². The first-order valence-electron chi connectivity index (χ1n) is 20.5. The molecule has 3 nitrogen and oxygen atoms in total. The summed E-state index contributed by atoms with van der Waals surface area (Å²) in [6.45, 7) is 0. The topological polar surface area (TPSA) is 35.0 Å². The van der Waals surface area contributed by atoms with Gasteiger partial charge in [-0.1, -0.05) is 206 Å². The van der Waals surface area contributed by atoms with E-state index in [-0.39, 0.29) is 0 Å². The van der Waals surface area contributed by atoms with Gasteiger partial charge in [-0.15, -0.1) is 0 Å². The Hall–Kier alpha value is -7.88. The van der Waals surface area contributed by atoms with E-state index in [4.69, 9.17) is 14.7 Å². The molecule has 3 heteroatoms. The second kappa shape index (κ2) is 13.6. The molecule has 1 aliphatic carbocycles. The maximum Gasteiger partial charge on any atom is 0.161 e. The lowest BCUT2D eigenvalue weighted by molar-refractivity contribution is 0.438. The van der Waals surface area contributed by atoms with Crippen LogP contribution in [0.25, 0.3) is 78.1 Å². The van der Waals surface area contributed by atoms with E-state index in [1.165, 1.54) is 38.8 Å². The minimum absolute atomic E-state index is 0.563. The van der Waals surface area contributed by atoms with E-state index in [1.54, 1.807) is 0 Å². The number of hydrogen-bond donors (Lipinski definition) is 0. The molecule has 12 rings (SSSR count). The lowest BCUT2D eigenvalue weighted by Crippen LogP contribution is -2.32. The fraction of sp³-hybridized carbons (Fsp3) is 0.0175. The van der Waals surface area contributed by atoms with Gasteiger partial charge in [-0.05, 0) is 61.8 Å². The Kier molecular flexibility index (Phi) is 7.76. The highest BCUT2D eigenvalue weighted by Gasteiger charge is 2.51. The Morgan fingerprint density at radius 1 is 0.317 bits per heavy atom. The van der Waals surface area contributed by atoms with Crippen LogP contribution in [0.3, 0.4) is 0 Å². The summed E-state index contributed by atoms with van der Waals surface area (Å²) in [5.41, 5.74) is 15.9. The molecule has 0 fully saturated rings. The summed E-state index contributed by atoms with van der Waals surface area (Å²) >= 11 is 0. The fourth-order valence-corrected chi connectivity index (χ4v) is 9.86.